The summed E-state index contributed by atoms with van der Waals surface area (Å²) in [5.74, 6) is -0.390. The van der Waals surface area contributed by atoms with Crippen molar-refractivity contribution in [1.82, 2.24) is 14.5 Å². The predicted octanol–water partition coefficient (Wildman–Crippen LogP) is 5.21. The van der Waals surface area contributed by atoms with E-state index in [9.17, 15) is 18.0 Å². The second kappa shape index (κ2) is 11.3. The third-order valence-corrected chi connectivity index (χ3v) is 10.8. The molecule has 3 heterocycles. The van der Waals surface area contributed by atoms with Crippen LogP contribution in [0.4, 0.5) is 5.00 Å². The Hall–Kier alpha value is -2.27. The molecule has 2 amide bonds. The van der Waals surface area contributed by atoms with E-state index in [0.29, 0.717) is 35.6 Å². The number of thiophene rings is 1. The number of nitrogens with one attached hydrogen (secondary N) is 2. The molecule has 1 saturated heterocycles. The van der Waals surface area contributed by atoms with Crippen molar-refractivity contribution in [2.45, 2.75) is 89.6 Å². The molecule has 10 heteroatoms. The molecule has 2 N–H and O–H groups in total. The van der Waals surface area contributed by atoms with Crippen LogP contribution in [-0.2, 0) is 22.0 Å². The number of hydrogen-bond donors (Lipinski definition) is 2. The van der Waals surface area contributed by atoms with E-state index in [-0.39, 0.29) is 27.8 Å². The van der Waals surface area contributed by atoms with E-state index in [2.05, 4.69) is 38.3 Å². The van der Waals surface area contributed by atoms with Gasteiger partial charge >= 0.3 is 0 Å². The molecule has 0 saturated carbocycles. The summed E-state index contributed by atoms with van der Waals surface area (Å²) in [6.45, 7) is 14.8. The van der Waals surface area contributed by atoms with Gasteiger partial charge in [-0.1, -0.05) is 13.8 Å². The van der Waals surface area contributed by atoms with E-state index < -0.39 is 10.0 Å². The first-order valence-electron chi connectivity index (χ1n) is 14.0. The zero-order valence-electron chi connectivity index (χ0n) is 24.0. The van der Waals surface area contributed by atoms with Gasteiger partial charge in [-0.3, -0.25) is 9.59 Å². The van der Waals surface area contributed by atoms with Crippen molar-refractivity contribution in [2.24, 2.45) is 0 Å². The molecule has 0 unspecified atom stereocenters. The van der Waals surface area contributed by atoms with Crippen LogP contribution in [0.5, 0.6) is 0 Å². The Bertz CT molecular complexity index is 1320. The van der Waals surface area contributed by atoms with E-state index in [1.54, 1.807) is 12.1 Å². The summed E-state index contributed by atoms with van der Waals surface area (Å²) in [6, 6.07) is 6.08. The van der Waals surface area contributed by atoms with E-state index in [1.807, 2.05) is 18.7 Å². The van der Waals surface area contributed by atoms with Crippen LogP contribution in [0.25, 0.3) is 0 Å². The number of nitrogens with zero attached hydrogens (tertiary/aromatic N) is 2. The molecule has 2 aliphatic heterocycles. The van der Waals surface area contributed by atoms with Gasteiger partial charge in [0.1, 0.15) is 5.00 Å². The van der Waals surface area contributed by atoms with Crippen molar-refractivity contribution < 1.29 is 18.0 Å². The summed E-state index contributed by atoms with van der Waals surface area (Å²) in [5.41, 5.74) is 1.39. The summed E-state index contributed by atoms with van der Waals surface area (Å²) in [4.78, 5) is 30.3. The fourth-order valence-corrected chi connectivity index (χ4v) is 8.76. The molecule has 214 valence electrons. The number of amides is 2. The number of carbonyl (C=O) groups excluding carboxylic acids is 2. The lowest BCUT2D eigenvalue weighted by atomic mass is 9.81. The summed E-state index contributed by atoms with van der Waals surface area (Å²) >= 11 is 1.46. The van der Waals surface area contributed by atoms with Crippen LogP contribution in [0.1, 0.15) is 98.4 Å². The fraction of sp³-hybridized carbons (Fsp3) is 0.586. The Morgan fingerprint density at radius 3 is 2.18 bits per heavy atom. The van der Waals surface area contributed by atoms with Gasteiger partial charge in [0.15, 0.2) is 0 Å². The highest BCUT2D eigenvalue weighted by Crippen LogP contribution is 2.45. The minimum atomic E-state index is -3.63. The lowest BCUT2D eigenvalue weighted by molar-refractivity contribution is 0.0792. The first-order valence-corrected chi connectivity index (χ1v) is 16.2. The minimum absolute atomic E-state index is 0.0258. The Balaban J connectivity index is 1.66. The van der Waals surface area contributed by atoms with Crippen LogP contribution in [0.3, 0.4) is 0 Å². The van der Waals surface area contributed by atoms with Crippen LogP contribution < -0.4 is 10.6 Å². The topological polar surface area (TPSA) is 98.8 Å². The second-order valence-electron chi connectivity index (χ2n) is 11.8. The van der Waals surface area contributed by atoms with Gasteiger partial charge in [0.2, 0.25) is 10.0 Å². The maximum absolute atomic E-state index is 13.8. The highest BCUT2D eigenvalue weighted by Gasteiger charge is 2.42. The molecular weight excluding hydrogens is 532 g/mol. The van der Waals surface area contributed by atoms with Gasteiger partial charge in [0.25, 0.3) is 11.8 Å². The van der Waals surface area contributed by atoms with E-state index >= 15 is 0 Å². The number of benzene rings is 1. The van der Waals surface area contributed by atoms with Gasteiger partial charge in [0, 0.05) is 47.7 Å². The zero-order valence-corrected chi connectivity index (χ0v) is 25.7. The van der Waals surface area contributed by atoms with Crippen molar-refractivity contribution in [3.05, 3.63) is 45.8 Å². The largest absolute Gasteiger partial charge is 0.339 e. The van der Waals surface area contributed by atoms with Gasteiger partial charge in [-0.25, -0.2) is 8.42 Å². The molecule has 0 radical (unpaired) electrons. The van der Waals surface area contributed by atoms with Crippen molar-refractivity contribution in [2.75, 3.05) is 31.5 Å². The maximum atomic E-state index is 13.8. The van der Waals surface area contributed by atoms with Crippen molar-refractivity contribution in [3.8, 4) is 0 Å². The molecule has 1 aromatic carbocycles. The molecule has 4 rings (SSSR count). The Morgan fingerprint density at radius 2 is 1.62 bits per heavy atom. The molecule has 2 aliphatic rings. The minimum Gasteiger partial charge on any atom is -0.339 e. The normalized spacial score (nSPS) is 18.3. The molecule has 2 aromatic rings. The zero-order chi connectivity index (χ0) is 28.6. The number of sulfonamides is 1. The quantitative estimate of drug-likeness (QED) is 0.429. The summed E-state index contributed by atoms with van der Waals surface area (Å²) in [6.07, 6.45) is 4.12. The number of likely N-dealkylation sites (tertiary alicyclic amines) is 1. The van der Waals surface area contributed by atoms with E-state index in [0.717, 1.165) is 49.2 Å². The highest BCUT2D eigenvalue weighted by atomic mass is 32.2. The Kier molecular flexibility index (Phi) is 8.61. The Morgan fingerprint density at radius 1 is 1.03 bits per heavy atom. The van der Waals surface area contributed by atoms with Crippen LogP contribution in [0.2, 0.25) is 0 Å². The number of hydrogen-bond acceptors (Lipinski definition) is 6. The number of rotatable bonds is 9. The number of anilines is 1. The summed E-state index contributed by atoms with van der Waals surface area (Å²) in [7, 11) is -3.63. The Labute approximate surface area is 237 Å². The van der Waals surface area contributed by atoms with Crippen LogP contribution in [0, 0.1) is 0 Å². The molecule has 0 bridgehead atoms. The first-order chi connectivity index (χ1) is 18.3. The maximum Gasteiger partial charge on any atom is 0.257 e. The van der Waals surface area contributed by atoms with Gasteiger partial charge in [-0.05, 0) is 89.6 Å². The van der Waals surface area contributed by atoms with Crippen molar-refractivity contribution in [1.29, 1.82) is 0 Å². The lowest BCUT2D eigenvalue weighted by Gasteiger charge is -2.42. The van der Waals surface area contributed by atoms with Crippen molar-refractivity contribution in [3.63, 3.8) is 0 Å². The lowest BCUT2D eigenvalue weighted by Crippen LogP contribution is -2.55. The molecule has 0 aliphatic carbocycles. The fourth-order valence-electron chi connectivity index (χ4n) is 5.87. The summed E-state index contributed by atoms with van der Waals surface area (Å²) in [5, 5.41) is 7.26. The van der Waals surface area contributed by atoms with Crippen LogP contribution >= 0.6 is 11.3 Å². The molecule has 1 fully saturated rings. The molecule has 39 heavy (non-hydrogen) atoms. The number of carbonyl (C=O) groups is 2. The standard InChI is InChI=1S/C29H42N4O4S2/c1-7-15-33(16-8-2)39(36,37)21-13-11-20(12-14-21)25(34)30-26-23(27(35)32-17-9-10-18-32)22-19-28(3,4)31-29(5,6)24(22)38-26/h11-14,31H,7-10,15-19H2,1-6H3,(H,30,34). The van der Waals surface area contributed by atoms with Crippen molar-refractivity contribution >= 4 is 38.2 Å². The number of fused-ring (bicyclic) bond motifs is 1. The smallest absolute Gasteiger partial charge is 0.257 e. The van der Waals surface area contributed by atoms with Crippen LogP contribution in [-0.4, -0.2) is 61.2 Å². The van der Waals surface area contributed by atoms with E-state index in [4.69, 9.17) is 0 Å². The van der Waals surface area contributed by atoms with Gasteiger partial charge in [-0.15, -0.1) is 11.3 Å². The van der Waals surface area contributed by atoms with E-state index in [1.165, 1.54) is 27.8 Å². The molecule has 0 atom stereocenters. The SMILES string of the molecule is CCCN(CCC)S(=O)(=O)c1ccc(C(=O)Nc2sc3c(c2C(=O)N2CCCC2)CC(C)(C)NC3(C)C)cc1. The third-order valence-electron chi connectivity index (χ3n) is 7.38. The molecule has 1 aromatic heterocycles. The van der Waals surface area contributed by atoms with Gasteiger partial charge < -0.3 is 15.5 Å². The predicted molar refractivity (Wildman–Crippen MR) is 157 cm³/mol. The average molecular weight is 575 g/mol. The van der Waals surface area contributed by atoms with Gasteiger partial charge in [-0.2, -0.15) is 4.31 Å². The third kappa shape index (κ3) is 6.09. The second-order valence-corrected chi connectivity index (χ2v) is 14.8. The molecule has 8 nitrogen and oxygen atoms in total. The molecular formula is C29H42N4O4S2. The monoisotopic (exact) mass is 574 g/mol. The molecule has 0 spiro atoms. The summed E-state index contributed by atoms with van der Waals surface area (Å²) < 4.78 is 27.8. The first kappa shape index (κ1) is 29.7. The average Bonchev–Trinajstić information content (AvgIpc) is 3.51. The van der Waals surface area contributed by atoms with Gasteiger partial charge in [0.05, 0.1) is 10.5 Å². The highest BCUT2D eigenvalue weighted by molar-refractivity contribution is 7.89. The van der Waals surface area contributed by atoms with Crippen LogP contribution in [0.15, 0.2) is 29.2 Å².